The van der Waals surface area contributed by atoms with E-state index < -0.39 is 0 Å². The predicted octanol–water partition coefficient (Wildman–Crippen LogP) is 2.35. The minimum Gasteiger partial charge on any atom is -0.507 e. The van der Waals surface area contributed by atoms with Crippen LogP contribution in [0.3, 0.4) is 0 Å². The number of halogens is 1. The lowest BCUT2D eigenvalue weighted by atomic mass is 9.97. The second-order valence-corrected chi connectivity index (χ2v) is 4.59. The van der Waals surface area contributed by atoms with E-state index in [1.807, 2.05) is 6.92 Å². The molecule has 2 heterocycles. The summed E-state index contributed by atoms with van der Waals surface area (Å²) in [7, 11) is 0. The lowest BCUT2D eigenvalue weighted by Crippen LogP contribution is -2.27. The summed E-state index contributed by atoms with van der Waals surface area (Å²) in [4.78, 5) is 11.9. The number of aromatic hydroxyl groups is 1. The highest BCUT2D eigenvalue weighted by atomic mass is 19.1. The van der Waals surface area contributed by atoms with Crippen molar-refractivity contribution in [1.29, 1.82) is 0 Å². The summed E-state index contributed by atoms with van der Waals surface area (Å²) < 4.78 is 15.1. The molecule has 1 aromatic carbocycles. The van der Waals surface area contributed by atoms with Crippen LogP contribution in [-0.2, 0) is 6.42 Å². The average molecular weight is 233 g/mol. The van der Waals surface area contributed by atoms with Crippen molar-refractivity contribution in [1.82, 2.24) is 4.57 Å². The minimum atomic E-state index is -0.373. The van der Waals surface area contributed by atoms with Gasteiger partial charge in [0.1, 0.15) is 11.6 Å². The van der Waals surface area contributed by atoms with Gasteiger partial charge in [-0.15, -0.1) is 0 Å². The van der Waals surface area contributed by atoms with Crippen LogP contribution < -0.4 is 5.56 Å². The van der Waals surface area contributed by atoms with E-state index in [2.05, 4.69) is 0 Å². The molecule has 0 saturated carbocycles. The van der Waals surface area contributed by atoms with Crippen molar-refractivity contribution >= 4 is 10.9 Å². The Bertz CT molecular complexity index is 675. The fourth-order valence-electron chi connectivity index (χ4n) is 2.63. The summed E-state index contributed by atoms with van der Waals surface area (Å²) in [5.41, 5.74) is 1.25. The number of pyridine rings is 1. The SMILES string of the molecule is CC1CCc2cc(F)cc3c(O)cc(=O)n1c23. The summed E-state index contributed by atoms with van der Waals surface area (Å²) >= 11 is 0. The van der Waals surface area contributed by atoms with Crippen LogP contribution in [0.5, 0.6) is 5.75 Å². The van der Waals surface area contributed by atoms with Gasteiger partial charge >= 0.3 is 0 Å². The molecule has 0 aliphatic carbocycles. The molecule has 1 unspecified atom stereocenters. The van der Waals surface area contributed by atoms with Crippen molar-refractivity contribution in [2.45, 2.75) is 25.8 Å². The van der Waals surface area contributed by atoms with E-state index in [1.54, 1.807) is 4.57 Å². The molecule has 3 nitrogen and oxygen atoms in total. The topological polar surface area (TPSA) is 42.2 Å². The lowest BCUT2D eigenvalue weighted by molar-refractivity contribution is 0.462. The molecule has 1 aliphatic rings. The molecule has 4 heteroatoms. The standard InChI is InChI=1S/C13H12FNO2/c1-7-2-3-8-4-9(14)5-10-11(16)6-12(17)15(7)13(8)10/h4-7,16H,2-3H2,1H3. The van der Waals surface area contributed by atoms with Crippen molar-refractivity contribution in [2.24, 2.45) is 0 Å². The fraction of sp³-hybridized carbons (Fsp3) is 0.308. The van der Waals surface area contributed by atoms with Crippen LogP contribution in [0.15, 0.2) is 23.0 Å². The number of hydrogen-bond acceptors (Lipinski definition) is 2. The molecule has 1 atom stereocenters. The largest absolute Gasteiger partial charge is 0.507 e. The predicted molar refractivity (Wildman–Crippen MR) is 62.9 cm³/mol. The molecule has 1 N–H and O–H groups in total. The molecular weight excluding hydrogens is 221 g/mol. The summed E-state index contributed by atoms with van der Waals surface area (Å²) in [6.07, 6.45) is 1.55. The zero-order valence-electron chi connectivity index (χ0n) is 9.40. The fourth-order valence-corrected chi connectivity index (χ4v) is 2.63. The third kappa shape index (κ3) is 1.37. The maximum absolute atomic E-state index is 13.4. The number of benzene rings is 1. The normalized spacial score (nSPS) is 18.6. The molecule has 2 aromatic rings. The Hall–Kier alpha value is -1.84. The molecular formula is C13H12FNO2. The molecule has 0 spiro atoms. The number of hydrogen-bond donors (Lipinski definition) is 1. The number of aryl methyl sites for hydroxylation is 1. The van der Waals surface area contributed by atoms with Gasteiger partial charge in [-0.3, -0.25) is 4.79 Å². The highest BCUT2D eigenvalue weighted by molar-refractivity contribution is 5.88. The van der Waals surface area contributed by atoms with Crippen molar-refractivity contribution < 1.29 is 9.50 Å². The summed E-state index contributed by atoms with van der Waals surface area (Å²) in [6, 6.07) is 3.97. The van der Waals surface area contributed by atoms with Crippen LogP contribution in [0, 0.1) is 5.82 Å². The molecule has 0 saturated heterocycles. The number of aromatic nitrogens is 1. The lowest BCUT2D eigenvalue weighted by Gasteiger charge is -2.25. The van der Waals surface area contributed by atoms with Gasteiger partial charge in [0.15, 0.2) is 0 Å². The Morgan fingerprint density at radius 1 is 1.41 bits per heavy atom. The molecule has 0 fully saturated rings. The third-order valence-electron chi connectivity index (χ3n) is 3.44. The summed E-state index contributed by atoms with van der Waals surface area (Å²) in [5, 5.41) is 10.2. The Kier molecular flexibility index (Phi) is 2.02. The van der Waals surface area contributed by atoms with Crippen molar-refractivity contribution in [2.75, 3.05) is 0 Å². The molecule has 0 amide bonds. The average Bonchev–Trinajstić information content (AvgIpc) is 2.26. The molecule has 17 heavy (non-hydrogen) atoms. The molecule has 0 radical (unpaired) electrons. The smallest absolute Gasteiger partial charge is 0.254 e. The van der Waals surface area contributed by atoms with E-state index in [-0.39, 0.29) is 23.2 Å². The summed E-state index contributed by atoms with van der Waals surface area (Å²) in [5.74, 6) is -0.515. The Morgan fingerprint density at radius 2 is 2.18 bits per heavy atom. The van der Waals surface area contributed by atoms with Crippen LogP contribution in [0.2, 0.25) is 0 Å². The van der Waals surface area contributed by atoms with E-state index in [9.17, 15) is 14.3 Å². The Labute approximate surface area is 97.1 Å². The second kappa shape index (κ2) is 3.32. The van der Waals surface area contributed by atoms with Gasteiger partial charge in [-0.25, -0.2) is 4.39 Å². The third-order valence-corrected chi connectivity index (χ3v) is 3.44. The minimum absolute atomic E-state index is 0.0866. The quantitative estimate of drug-likeness (QED) is 0.759. The van der Waals surface area contributed by atoms with E-state index in [0.717, 1.165) is 24.5 Å². The van der Waals surface area contributed by atoms with E-state index in [0.29, 0.717) is 10.9 Å². The van der Waals surface area contributed by atoms with E-state index in [4.69, 9.17) is 0 Å². The maximum atomic E-state index is 13.4. The van der Waals surface area contributed by atoms with Crippen molar-refractivity contribution in [3.8, 4) is 5.75 Å². The van der Waals surface area contributed by atoms with Crippen molar-refractivity contribution in [3.05, 3.63) is 39.9 Å². The maximum Gasteiger partial charge on any atom is 0.254 e. The monoisotopic (exact) mass is 233 g/mol. The second-order valence-electron chi connectivity index (χ2n) is 4.59. The van der Waals surface area contributed by atoms with Crippen molar-refractivity contribution in [3.63, 3.8) is 0 Å². The first-order valence-electron chi connectivity index (χ1n) is 5.64. The molecule has 88 valence electrons. The molecule has 1 aliphatic heterocycles. The zero-order chi connectivity index (χ0) is 12.2. The van der Waals surface area contributed by atoms with E-state index in [1.165, 1.54) is 12.1 Å². The van der Waals surface area contributed by atoms with E-state index >= 15 is 0 Å². The van der Waals surface area contributed by atoms with Gasteiger partial charge in [0.05, 0.1) is 5.52 Å². The van der Waals surface area contributed by atoms with Crippen LogP contribution in [0.4, 0.5) is 4.39 Å². The molecule has 0 bridgehead atoms. The van der Waals surface area contributed by atoms with Gasteiger partial charge in [-0.1, -0.05) is 0 Å². The first-order chi connectivity index (χ1) is 8.08. The number of rotatable bonds is 0. The first-order valence-corrected chi connectivity index (χ1v) is 5.64. The van der Waals surface area contributed by atoms with Crippen LogP contribution in [0.25, 0.3) is 10.9 Å². The zero-order valence-corrected chi connectivity index (χ0v) is 9.40. The van der Waals surface area contributed by atoms with Gasteiger partial charge in [0.25, 0.3) is 5.56 Å². The van der Waals surface area contributed by atoms with Crippen LogP contribution in [-0.4, -0.2) is 9.67 Å². The van der Waals surface area contributed by atoms with Gasteiger partial charge in [0.2, 0.25) is 0 Å². The summed E-state index contributed by atoms with van der Waals surface area (Å²) in [6.45, 7) is 1.96. The Balaban J connectivity index is 2.57. The highest BCUT2D eigenvalue weighted by Gasteiger charge is 2.21. The molecule has 1 aromatic heterocycles. The van der Waals surface area contributed by atoms with Gasteiger partial charge in [-0.2, -0.15) is 0 Å². The van der Waals surface area contributed by atoms with Gasteiger partial charge < -0.3 is 9.67 Å². The van der Waals surface area contributed by atoms with Gasteiger partial charge in [-0.05, 0) is 37.5 Å². The highest BCUT2D eigenvalue weighted by Crippen LogP contribution is 2.33. The van der Waals surface area contributed by atoms with Gasteiger partial charge in [0, 0.05) is 17.5 Å². The van der Waals surface area contributed by atoms with Crippen LogP contribution in [0.1, 0.15) is 24.9 Å². The van der Waals surface area contributed by atoms with Crippen LogP contribution >= 0.6 is 0 Å². The molecule has 3 rings (SSSR count). The first kappa shape index (κ1) is 10.3. The Morgan fingerprint density at radius 3 is 2.94 bits per heavy atom. The number of nitrogens with zero attached hydrogens (tertiary/aromatic N) is 1.